The van der Waals surface area contributed by atoms with Gasteiger partial charge in [0.1, 0.15) is 0 Å². The Hall–Kier alpha value is -0.570. The zero-order valence-electron chi connectivity index (χ0n) is 13.0. The third-order valence-electron chi connectivity index (χ3n) is 6.19. The summed E-state index contributed by atoms with van der Waals surface area (Å²) in [5.41, 5.74) is 0.614. The molecule has 1 saturated carbocycles. The molecule has 0 aromatic heterocycles. The Morgan fingerprint density at radius 2 is 1.90 bits per heavy atom. The third kappa shape index (κ3) is 2.88. The fourth-order valence-corrected chi connectivity index (χ4v) is 4.60. The van der Waals surface area contributed by atoms with Gasteiger partial charge in [-0.2, -0.15) is 0 Å². The van der Waals surface area contributed by atoms with Gasteiger partial charge in [-0.25, -0.2) is 0 Å². The van der Waals surface area contributed by atoms with Crippen LogP contribution in [0.15, 0.2) is 0 Å². The number of hydrogen-bond donors (Lipinski definition) is 1. The van der Waals surface area contributed by atoms with Gasteiger partial charge < -0.3 is 10.2 Å². The monoisotopic (exact) mass is 278 g/mol. The van der Waals surface area contributed by atoms with Crippen molar-refractivity contribution in [3.05, 3.63) is 0 Å². The van der Waals surface area contributed by atoms with Crippen LogP contribution >= 0.6 is 0 Å². The second-order valence-corrected chi connectivity index (χ2v) is 7.34. The van der Waals surface area contributed by atoms with Gasteiger partial charge >= 0.3 is 0 Å². The molecule has 2 aliphatic heterocycles. The Labute approximate surface area is 123 Å². The number of amides is 1. The lowest BCUT2D eigenvalue weighted by atomic mass is 9.77. The summed E-state index contributed by atoms with van der Waals surface area (Å²) in [6.07, 6.45) is 11.7. The number of carbonyl (C=O) groups excluding carboxylic acids is 1. The summed E-state index contributed by atoms with van der Waals surface area (Å²) in [4.78, 5) is 14.8. The molecule has 1 N–H and O–H groups in total. The molecule has 0 bridgehead atoms. The van der Waals surface area contributed by atoms with Crippen molar-refractivity contribution in [2.24, 2.45) is 11.3 Å². The van der Waals surface area contributed by atoms with Crippen molar-refractivity contribution in [3.8, 4) is 0 Å². The number of carbonyl (C=O) groups is 1. The Kier molecular flexibility index (Phi) is 4.34. The summed E-state index contributed by atoms with van der Waals surface area (Å²) < 4.78 is 0. The first kappa shape index (κ1) is 14.4. The molecule has 3 nitrogen and oxygen atoms in total. The molecular weight excluding hydrogens is 248 g/mol. The van der Waals surface area contributed by atoms with Crippen molar-refractivity contribution in [1.82, 2.24) is 10.2 Å². The first-order chi connectivity index (χ1) is 9.72. The standard InChI is InChI=1S/C17H30N2O/c1-2-14-5-10-18-15(13-14)16(20)19-11-8-17(9-12-19)6-3-4-7-17/h14-15,18H,2-13H2,1H3. The third-order valence-corrected chi connectivity index (χ3v) is 6.19. The summed E-state index contributed by atoms with van der Waals surface area (Å²) >= 11 is 0. The predicted octanol–water partition coefficient (Wildman–Crippen LogP) is 2.95. The van der Waals surface area contributed by atoms with Crippen LogP contribution in [0.4, 0.5) is 0 Å². The SMILES string of the molecule is CCC1CCNC(C(=O)N2CCC3(CCCC3)CC2)C1. The molecular formula is C17H30N2O. The molecule has 1 spiro atoms. The van der Waals surface area contributed by atoms with Gasteiger partial charge in [-0.05, 0) is 56.4 Å². The van der Waals surface area contributed by atoms with Crippen LogP contribution in [-0.2, 0) is 4.79 Å². The van der Waals surface area contributed by atoms with Crippen molar-refractivity contribution >= 4 is 5.91 Å². The molecule has 0 aromatic rings. The minimum Gasteiger partial charge on any atom is -0.341 e. The summed E-state index contributed by atoms with van der Waals surface area (Å²) in [7, 11) is 0. The van der Waals surface area contributed by atoms with Gasteiger partial charge in [-0.3, -0.25) is 4.79 Å². The van der Waals surface area contributed by atoms with Crippen LogP contribution in [0.25, 0.3) is 0 Å². The number of nitrogens with one attached hydrogen (secondary N) is 1. The maximum absolute atomic E-state index is 12.7. The average molecular weight is 278 g/mol. The van der Waals surface area contributed by atoms with Gasteiger partial charge in [0.2, 0.25) is 5.91 Å². The van der Waals surface area contributed by atoms with E-state index >= 15 is 0 Å². The molecule has 2 saturated heterocycles. The second-order valence-electron chi connectivity index (χ2n) is 7.34. The van der Waals surface area contributed by atoms with E-state index in [0.717, 1.165) is 32.0 Å². The highest BCUT2D eigenvalue weighted by Crippen LogP contribution is 2.46. The second kappa shape index (κ2) is 6.05. The smallest absolute Gasteiger partial charge is 0.239 e. The van der Waals surface area contributed by atoms with E-state index in [1.807, 2.05) is 0 Å². The molecule has 2 heterocycles. The van der Waals surface area contributed by atoms with E-state index in [2.05, 4.69) is 17.1 Å². The van der Waals surface area contributed by atoms with Crippen LogP contribution < -0.4 is 5.32 Å². The van der Waals surface area contributed by atoms with E-state index in [9.17, 15) is 4.79 Å². The number of nitrogens with zero attached hydrogens (tertiary/aromatic N) is 1. The quantitative estimate of drug-likeness (QED) is 0.842. The zero-order valence-corrected chi connectivity index (χ0v) is 13.0. The van der Waals surface area contributed by atoms with Crippen LogP contribution in [0.1, 0.15) is 64.7 Å². The van der Waals surface area contributed by atoms with Crippen LogP contribution in [0.3, 0.4) is 0 Å². The van der Waals surface area contributed by atoms with E-state index in [4.69, 9.17) is 0 Å². The van der Waals surface area contributed by atoms with Gasteiger partial charge in [-0.1, -0.05) is 26.2 Å². The van der Waals surface area contributed by atoms with Crippen LogP contribution in [-0.4, -0.2) is 36.5 Å². The minimum atomic E-state index is 0.103. The van der Waals surface area contributed by atoms with E-state index in [1.165, 1.54) is 51.4 Å². The molecule has 1 amide bonds. The highest BCUT2D eigenvalue weighted by Gasteiger charge is 2.39. The first-order valence-electron chi connectivity index (χ1n) is 8.75. The lowest BCUT2D eigenvalue weighted by Crippen LogP contribution is -2.53. The molecule has 2 atom stereocenters. The fraction of sp³-hybridized carbons (Fsp3) is 0.941. The lowest BCUT2D eigenvalue weighted by molar-refractivity contribution is -0.136. The van der Waals surface area contributed by atoms with E-state index in [1.54, 1.807) is 0 Å². The highest BCUT2D eigenvalue weighted by atomic mass is 16.2. The normalized spacial score (nSPS) is 33.5. The van der Waals surface area contributed by atoms with E-state index < -0.39 is 0 Å². The number of rotatable bonds is 2. The minimum absolute atomic E-state index is 0.103. The lowest BCUT2D eigenvalue weighted by Gasteiger charge is -2.41. The number of hydrogen-bond acceptors (Lipinski definition) is 2. The molecule has 1 aliphatic carbocycles. The molecule has 0 aromatic carbocycles. The van der Waals surface area contributed by atoms with E-state index in [-0.39, 0.29) is 6.04 Å². The Morgan fingerprint density at radius 1 is 1.20 bits per heavy atom. The van der Waals surface area contributed by atoms with Crippen molar-refractivity contribution in [2.75, 3.05) is 19.6 Å². The summed E-state index contributed by atoms with van der Waals surface area (Å²) in [6.45, 7) is 5.29. The van der Waals surface area contributed by atoms with Crippen molar-refractivity contribution in [1.29, 1.82) is 0 Å². The molecule has 3 rings (SSSR count). The Bertz CT molecular complexity index is 339. The van der Waals surface area contributed by atoms with Gasteiger partial charge in [0.15, 0.2) is 0 Å². The van der Waals surface area contributed by atoms with Crippen molar-refractivity contribution in [2.45, 2.75) is 70.8 Å². The van der Waals surface area contributed by atoms with E-state index in [0.29, 0.717) is 11.3 Å². The highest BCUT2D eigenvalue weighted by molar-refractivity contribution is 5.82. The number of likely N-dealkylation sites (tertiary alicyclic amines) is 1. The molecule has 3 fully saturated rings. The van der Waals surface area contributed by atoms with Crippen molar-refractivity contribution in [3.63, 3.8) is 0 Å². The summed E-state index contributed by atoms with van der Waals surface area (Å²) in [5, 5.41) is 3.45. The van der Waals surface area contributed by atoms with Gasteiger partial charge in [-0.15, -0.1) is 0 Å². The van der Waals surface area contributed by atoms with Crippen LogP contribution in [0.5, 0.6) is 0 Å². The molecule has 0 radical (unpaired) electrons. The summed E-state index contributed by atoms with van der Waals surface area (Å²) in [5.74, 6) is 1.13. The van der Waals surface area contributed by atoms with Gasteiger partial charge in [0.05, 0.1) is 6.04 Å². The largest absolute Gasteiger partial charge is 0.341 e. The van der Waals surface area contributed by atoms with Crippen LogP contribution in [0.2, 0.25) is 0 Å². The fourth-order valence-electron chi connectivity index (χ4n) is 4.60. The molecule has 20 heavy (non-hydrogen) atoms. The van der Waals surface area contributed by atoms with Gasteiger partial charge in [0.25, 0.3) is 0 Å². The number of piperidine rings is 2. The molecule has 114 valence electrons. The first-order valence-corrected chi connectivity index (χ1v) is 8.75. The molecule has 3 heteroatoms. The van der Waals surface area contributed by atoms with Gasteiger partial charge in [0, 0.05) is 13.1 Å². The maximum Gasteiger partial charge on any atom is 0.239 e. The average Bonchev–Trinajstić information content (AvgIpc) is 2.96. The topological polar surface area (TPSA) is 32.3 Å². The summed E-state index contributed by atoms with van der Waals surface area (Å²) in [6, 6.07) is 0.103. The molecule has 3 aliphatic rings. The Morgan fingerprint density at radius 3 is 2.55 bits per heavy atom. The molecule has 2 unspecified atom stereocenters. The van der Waals surface area contributed by atoms with Crippen LogP contribution in [0, 0.1) is 11.3 Å². The Balaban J connectivity index is 1.53. The zero-order chi connectivity index (χ0) is 14.0. The maximum atomic E-state index is 12.7. The van der Waals surface area contributed by atoms with Crippen molar-refractivity contribution < 1.29 is 4.79 Å². The predicted molar refractivity (Wildman–Crippen MR) is 81.5 cm³/mol.